The summed E-state index contributed by atoms with van der Waals surface area (Å²) in [4.78, 5) is 31.6. The van der Waals surface area contributed by atoms with Crippen molar-refractivity contribution in [3.8, 4) is 0 Å². The molecule has 0 unspecified atom stereocenters. The van der Waals surface area contributed by atoms with Gasteiger partial charge in [-0.3, -0.25) is 9.59 Å². The highest BCUT2D eigenvalue weighted by molar-refractivity contribution is 6.04. The van der Waals surface area contributed by atoms with Gasteiger partial charge in [0.1, 0.15) is 5.69 Å². The second-order valence-corrected chi connectivity index (χ2v) is 6.37. The fourth-order valence-electron chi connectivity index (χ4n) is 3.10. The summed E-state index contributed by atoms with van der Waals surface area (Å²) in [5, 5.41) is 5.79. The monoisotopic (exact) mass is 326 g/mol. The number of H-pyrrole nitrogens is 1. The Kier molecular flexibility index (Phi) is 4.64. The number of aromatic amines is 1. The summed E-state index contributed by atoms with van der Waals surface area (Å²) in [5.41, 5.74) is 2.77. The lowest BCUT2D eigenvalue weighted by molar-refractivity contribution is 0.0897. The van der Waals surface area contributed by atoms with E-state index < -0.39 is 0 Å². The molecule has 0 bridgehead atoms. The van der Waals surface area contributed by atoms with Crippen molar-refractivity contribution in [2.75, 3.05) is 0 Å². The Morgan fingerprint density at radius 2 is 2.04 bits per heavy atom. The van der Waals surface area contributed by atoms with Crippen LogP contribution in [-0.2, 0) is 6.42 Å². The lowest BCUT2D eigenvalue weighted by Crippen LogP contribution is -2.35. The largest absolute Gasteiger partial charge is 0.348 e. The molecule has 126 valence electrons. The van der Waals surface area contributed by atoms with Crippen LogP contribution >= 0.6 is 0 Å². The quantitative estimate of drug-likeness (QED) is 0.806. The maximum Gasteiger partial charge on any atom is 0.272 e. The van der Waals surface area contributed by atoms with Crippen molar-refractivity contribution < 1.29 is 9.59 Å². The van der Waals surface area contributed by atoms with Crippen molar-refractivity contribution in [2.45, 2.75) is 45.2 Å². The molecule has 3 N–H and O–H groups in total. The predicted molar refractivity (Wildman–Crippen MR) is 90.8 cm³/mol. The molecular formula is C18H22N4O2. The molecule has 0 saturated carbocycles. The number of rotatable bonds is 4. The number of carbonyl (C=O) groups is 2. The van der Waals surface area contributed by atoms with Crippen LogP contribution in [0.3, 0.4) is 0 Å². The van der Waals surface area contributed by atoms with Crippen LogP contribution in [0.2, 0.25) is 0 Å². The first-order valence-corrected chi connectivity index (χ1v) is 8.29. The van der Waals surface area contributed by atoms with Gasteiger partial charge in [-0.1, -0.05) is 24.3 Å². The van der Waals surface area contributed by atoms with E-state index in [9.17, 15) is 9.59 Å². The van der Waals surface area contributed by atoms with Crippen LogP contribution in [0.25, 0.3) is 0 Å². The minimum Gasteiger partial charge on any atom is -0.348 e. The van der Waals surface area contributed by atoms with Crippen molar-refractivity contribution in [3.05, 3.63) is 53.1 Å². The van der Waals surface area contributed by atoms with E-state index in [1.807, 2.05) is 26.0 Å². The minimum atomic E-state index is -0.347. The molecule has 1 aliphatic carbocycles. The fourth-order valence-corrected chi connectivity index (χ4v) is 3.10. The molecule has 6 heteroatoms. The molecule has 1 aromatic heterocycles. The van der Waals surface area contributed by atoms with Crippen molar-refractivity contribution >= 4 is 11.8 Å². The average molecular weight is 326 g/mol. The number of hydrogen-bond donors (Lipinski definition) is 3. The summed E-state index contributed by atoms with van der Waals surface area (Å²) in [6.07, 6.45) is 4.34. The summed E-state index contributed by atoms with van der Waals surface area (Å²) in [6, 6.07) is 8.11. The van der Waals surface area contributed by atoms with Gasteiger partial charge >= 0.3 is 0 Å². The second-order valence-electron chi connectivity index (χ2n) is 6.37. The Morgan fingerprint density at radius 1 is 1.25 bits per heavy atom. The van der Waals surface area contributed by atoms with E-state index in [4.69, 9.17) is 0 Å². The first-order valence-electron chi connectivity index (χ1n) is 8.29. The van der Waals surface area contributed by atoms with Crippen LogP contribution in [0.1, 0.15) is 64.8 Å². The van der Waals surface area contributed by atoms with Gasteiger partial charge in [0.15, 0.2) is 5.69 Å². The minimum absolute atomic E-state index is 0.0182. The van der Waals surface area contributed by atoms with E-state index >= 15 is 0 Å². The van der Waals surface area contributed by atoms with E-state index in [0.717, 1.165) is 24.8 Å². The van der Waals surface area contributed by atoms with E-state index in [2.05, 4.69) is 32.7 Å². The van der Waals surface area contributed by atoms with Gasteiger partial charge in [-0.05, 0) is 44.2 Å². The Labute approximate surface area is 141 Å². The molecule has 1 atom stereocenters. The van der Waals surface area contributed by atoms with E-state index in [0.29, 0.717) is 0 Å². The van der Waals surface area contributed by atoms with Gasteiger partial charge in [-0.25, -0.2) is 4.98 Å². The number of aryl methyl sites for hydroxylation is 1. The van der Waals surface area contributed by atoms with Crippen molar-refractivity contribution in [2.24, 2.45) is 0 Å². The topological polar surface area (TPSA) is 86.9 Å². The van der Waals surface area contributed by atoms with Gasteiger partial charge in [-0.15, -0.1) is 0 Å². The zero-order valence-corrected chi connectivity index (χ0v) is 13.9. The number of fused-ring (bicyclic) bond motifs is 1. The number of hydrogen-bond acceptors (Lipinski definition) is 3. The van der Waals surface area contributed by atoms with Gasteiger partial charge in [-0.2, -0.15) is 0 Å². The highest BCUT2D eigenvalue weighted by atomic mass is 16.2. The Balaban J connectivity index is 1.78. The third kappa shape index (κ3) is 3.32. The zero-order chi connectivity index (χ0) is 17.1. The lowest BCUT2D eigenvalue weighted by atomic mass is 9.87. The summed E-state index contributed by atoms with van der Waals surface area (Å²) in [5.74, 6) is -0.649. The maximum absolute atomic E-state index is 12.6. The highest BCUT2D eigenvalue weighted by Gasteiger charge is 2.25. The summed E-state index contributed by atoms with van der Waals surface area (Å²) < 4.78 is 0. The van der Waals surface area contributed by atoms with Crippen LogP contribution in [0.5, 0.6) is 0 Å². The van der Waals surface area contributed by atoms with Crippen LogP contribution in [-0.4, -0.2) is 27.8 Å². The molecule has 0 aliphatic heterocycles. The maximum atomic E-state index is 12.6. The molecule has 0 spiro atoms. The van der Waals surface area contributed by atoms with Gasteiger partial charge < -0.3 is 15.6 Å². The second kappa shape index (κ2) is 6.86. The molecule has 1 heterocycles. The molecule has 24 heavy (non-hydrogen) atoms. The molecular weight excluding hydrogens is 304 g/mol. The van der Waals surface area contributed by atoms with Crippen molar-refractivity contribution in [1.82, 2.24) is 20.6 Å². The molecule has 3 rings (SSSR count). The molecule has 2 aromatic rings. The van der Waals surface area contributed by atoms with E-state index in [1.165, 1.54) is 11.9 Å². The Hall–Kier alpha value is -2.63. The summed E-state index contributed by atoms with van der Waals surface area (Å²) in [6.45, 7) is 3.73. The van der Waals surface area contributed by atoms with E-state index in [-0.39, 0.29) is 35.3 Å². The van der Waals surface area contributed by atoms with Gasteiger partial charge in [0.05, 0.1) is 12.4 Å². The van der Waals surface area contributed by atoms with Gasteiger partial charge in [0.2, 0.25) is 0 Å². The smallest absolute Gasteiger partial charge is 0.272 e. The number of nitrogens with one attached hydrogen (secondary N) is 3. The van der Waals surface area contributed by atoms with Crippen molar-refractivity contribution in [3.63, 3.8) is 0 Å². The molecule has 0 saturated heterocycles. The molecule has 6 nitrogen and oxygen atoms in total. The number of benzene rings is 1. The SMILES string of the molecule is CC(C)NC(=O)c1nc[nH]c1C(=O)N[C@H]1CCCc2ccccc21. The third-order valence-electron chi connectivity index (χ3n) is 4.18. The Morgan fingerprint density at radius 3 is 2.83 bits per heavy atom. The highest BCUT2D eigenvalue weighted by Crippen LogP contribution is 2.29. The molecule has 1 aromatic carbocycles. The van der Waals surface area contributed by atoms with E-state index in [1.54, 1.807) is 0 Å². The fraction of sp³-hybridized carbons (Fsp3) is 0.389. The predicted octanol–water partition coefficient (Wildman–Crippen LogP) is 2.36. The number of imidazole rings is 1. The Bertz CT molecular complexity index is 751. The summed E-state index contributed by atoms with van der Waals surface area (Å²) >= 11 is 0. The zero-order valence-electron chi connectivity index (χ0n) is 13.9. The number of aromatic nitrogens is 2. The first-order chi connectivity index (χ1) is 11.6. The van der Waals surface area contributed by atoms with Crippen molar-refractivity contribution in [1.29, 1.82) is 0 Å². The van der Waals surface area contributed by atoms with Crippen LogP contribution in [0, 0.1) is 0 Å². The summed E-state index contributed by atoms with van der Waals surface area (Å²) in [7, 11) is 0. The number of amides is 2. The number of nitrogens with zero attached hydrogens (tertiary/aromatic N) is 1. The molecule has 2 amide bonds. The third-order valence-corrected chi connectivity index (χ3v) is 4.18. The normalized spacial score (nSPS) is 16.5. The molecule has 1 aliphatic rings. The first kappa shape index (κ1) is 16.2. The number of carbonyl (C=O) groups excluding carboxylic acids is 2. The van der Waals surface area contributed by atoms with Gasteiger partial charge in [0.25, 0.3) is 11.8 Å². The molecule has 0 radical (unpaired) electrons. The molecule has 0 fully saturated rings. The van der Waals surface area contributed by atoms with Crippen LogP contribution in [0.15, 0.2) is 30.6 Å². The van der Waals surface area contributed by atoms with Gasteiger partial charge in [0, 0.05) is 6.04 Å². The lowest BCUT2D eigenvalue weighted by Gasteiger charge is -2.26. The van der Waals surface area contributed by atoms with Crippen LogP contribution in [0.4, 0.5) is 0 Å². The average Bonchev–Trinajstić information content (AvgIpc) is 3.04. The van der Waals surface area contributed by atoms with Crippen LogP contribution < -0.4 is 10.6 Å². The standard InChI is InChI=1S/C18H22N4O2/c1-11(2)21-17(23)15-16(20-10-19-15)18(24)22-14-9-5-7-12-6-3-4-8-13(12)14/h3-4,6,8,10-11,14H,5,7,9H2,1-2H3,(H,19,20)(H,21,23)(H,22,24)/t14-/m0/s1.